The first-order chi connectivity index (χ1) is 12.7. The molecule has 5 rings (SSSR count). The Labute approximate surface area is 149 Å². The number of carbonyl (C=O) groups excluding carboxylic acids is 1. The van der Waals surface area contributed by atoms with E-state index in [-0.39, 0.29) is 5.91 Å². The Balaban J connectivity index is 1.78. The summed E-state index contributed by atoms with van der Waals surface area (Å²) in [5.74, 6) is 0.371. The van der Waals surface area contributed by atoms with Crippen LogP contribution >= 0.6 is 0 Å². The van der Waals surface area contributed by atoms with Gasteiger partial charge in [-0.25, -0.2) is 5.10 Å². The second-order valence-corrected chi connectivity index (χ2v) is 6.38. The van der Waals surface area contributed by atoms with E-state index in [1.165, 1.54) is 11.9 Å². The molecule has 1 aromatic carbocycles. The average molecular weight is 344 g/mol. The fraction of sp³-hybridized carbons (Fsp3) is 0.158. The van der Waals surface area contributed by atoms with Gasteiger partial charge < -0.3 is 4.57 Å². The lowest BCUT2D eigenvalue weighted by molar-refractivity contribution is 0.0965. The second-order valence-electron chi connectivity index (χ2n) is 6.38. The molecule has 7 heteroatoms. The van der Waals surface area contributed by atoms with Crippen molar-refractivity contribution in [1.29, 1.82) is 0 Å². The number of aryl methyl sites for hydroxylation is 1. The molecule has 1 N–H and O–H groups in total. The van der Waals surface area contributed by atoms with Crippen molar-refractivity contribution in [2.45, 2.75) is 13.5 Å². The Kier molecular flexibility index (Phi) is 3.15. The molecule has 0 bridgehead atoms. The van der Waals surface area contributed by atoms with Crippen molar-refractivity contribution in [2.75, 3.05) is 11.4 Å². The van der Waals surface area contributed by atoms with Crippen LogP contribution in [0.3, 0.4) is 0 Å². The Hall–Kier alpha value is -3.48. The number of anilines is 1. The summed E-state index contributed by atoms with van der Waals surface area (Å²) in [6.07, 6.45) is 3.18. The smallest absolute Gasteiger partial charge is 0.278 e. The van der Waals surface area contributed by atoms with Gasteiger partial charge in [-0.05, 0) is 24.6 Å². The number of aromatic nitrogens is 5. The molecule has 0 aliphatic carbocycles. The predicted octanol–water partition coefficient (Wildman–Crippen LogP) is 2.79. The van der Waals surface area contributed by atoms with Crippen LogP contribution in [0.4, 0.5) is 5.95 Å². The van der Waals surface area contributed by atoms with Gasteiger partial charge in [-0.3, -0.25) is 14.7 Å². The maximum atomic E-state index is 13.3. The number of H-pyrrole nitrogens is 1. The van der Waals surface area contributed by atoms with Crippen molar-refractivity contribution in [3.63, 3.8) is 0 Å². The molecule has 0 fully saturated rings. The number of amides is 1. The number of hydrogen-bond donors (Lipinski definition) is 1. The summed E-state index contributed by atoms with van der Waals surface area (Å²) in [7, 11) is 0. The fourth-order valence-electron chi connectivity index (χ4n) is 3.58. The lowest BCUT2D eigenvalue weighted by Gasteiger charge is -2.27. The van der Waals surface area contributed by atoms with Crippen molar-refractivity contribution < 1.29 is 4.79 Å². The zero-order chi connectivity index (χ0) is 17.7. The van der Waals surface area contributed by atoms with Crippen LogP contribution in [0.5, 0.6) is 0 Å². The quantitative estimate of drug-likeness (QED) is 0.606. The van der Waals surface area contributed by atoms with E-state index in [1.807, 2.05) is 31.2 Å². The molecular formula is C19H16N6O. The van der Waals surface area contributed by atoms with Crippen LogP contribution in [0, 0.1) is 6.92 Å². The Morgan fingerprint density at radius 3 is 2.69 bits per heavy atom. The molecule has 4 heterocycles. The molecule has 128 valence electrons. The van der Waals surface area contributed by atoms with E-state index in [4.69, 9.17) is 0 Å². The van der Waals surface area contributed by atoms with Crippen molar-refractivity contribution >= 4 is 22.9 Å². The van der Waals surface area contributed by atoms with Crippen LogP contribution in [0.1, 0.15) is 16.1 Å². The highest BCUT2D eigenvalue weighted by molar-refractivity contribution is 6.15. The first kappa shape index (κ1) is 14.8. The summed E-state index contributed by atoms with van der Waals surface area (Å²) >= 11 is 0. The van der Waals surface area contributed by atoms with Crippen LogP contribution < -0.4 is 4.90 Å². The molecule has 0 spiro atoms. The zero-order valence-electron chi connectivity index (χ0n) is 14.2. The first-order valence-electron chi connectivity index (χ1n) is 8.45. The van der Waals surface area contributed by atoms with Crippen LogP contribution in [0.25, 0.3) is 22.2 Å². The third-order valence-corrected chi connectivity index (χ3v) is 4.81. The van der Waals surface area contributed by atoms with E-state index < -0.39 is 0 Å². The Bertz CT molecular complexity index is 1110. The summed E-state index contributed by atoms with van der Waals surface area (Å²) in [4.78, 5) is 23.7. The van der Waals surface area contributed by atoms with Crippen molar-refractivity contribution in [1.82, 2.24) is 24.7 Å². The van der Waals surface area contributed by atoms with Gasteiger partial charge in [-0.1, -0.05) is 29.8 Å². The van der Waals surface area contributed by atoms with E-state index in [0.717, 1.165) is 22.2 Å². The van der Waals surface area contributed by atoms with Crippen LogP contribution in [-0.4, -0.2) is 37.2 Å². The third-order valence-electron chi connectivity index (χ3n) is 4.81. The van der Waals surface area contributed by atoms with Crippen molar-refractivity contribution in [3.05, 3.63) is 60.2 Å². The number of carbonyl (C=O) groups is 1. The zero-order valence-corrected chi connectivity index (χ0v) is 14.2. The highest BCUT2D eigenvalue weighted by Gasteiger charge is 2.33. The van der Waals surface area contributed by atoms with E-state index in [2.05, 4.69) is 36.9 Å². The highest BCUT2D eigenvalue weighted by Crippen LogP contribution is 2.36. The highest BCUT2D eigenvalue weighted by atomic mass is 16.2. The summed E-state index contributed by atoms with van der Waals surface area (Å²) in [5.41, 5.74) is 5.50. The van der Waals surface area contributed by atoms with Gasteiger partial charge >= 0.3 is 0 Å². The lowest BCUT2D eigenvalue weighted by atomic mass is 10.0. The number of nitrogens with zero attached hydrogens (tertiary/aromatic N) is 5. The Morgan fingerprint density at radius 2 is 1.92 bits per heavy atom. The van der Waals surface area contributed by atoms with Crippen molar-refractivity contribution in [2.24, 2.45) is 0 Å². The molecule has 7 nitrogen and oxygen atoms in total. The van der Waals surface area contributed by atoms with Gasteiger partial charge in [0, 0.05) is 24.8 Å². The minimum absolute atomic E-state index is 0.0958. The number of pyridine rings is 1. The van der Waals surface area contributed by atoms with E-state index in [0.29, 0.717) is 24.7 Å². The standard InChI is InChI=1S/C19H16N6O/c1-12-4-6-13(7-5-12)15-16-14(3-2-8-20-16)24-9-10-25(18(26)17(15)24)19-21-11-22-23-19/h2-8,11H,9-10H2,1H3,(H,21,22,23). The van der Waals surface area contributed by atoms with Gasteiger partial charge in [-0.15, -0.1) is 0 Å². The molecule has 1 aliphatic heterocycles. The minimum Gasteiger partial charge on any atom is -0.333 e. The second kappa shape index (κ2) is 5.52. The van der Waals surface area contributed by atoms with E-state index in [9.17, 15) is 4.79 Å². The fourth-order valence-corrected chi connectivity index (χ4v) is 3.58. The molecule has 3 aromatic heterocycles. The normalized spacial score (nSPS) is 14.0. The Morgan fingerprint density at radius 1 is 1.08 bits per heavy atom. The number of benzene rings is 1. The molecule has 4 aromatic rings. The monoisotopic (exact) mass is 344 g/mol. The van der Waals surface area contributed by atoms with Crippen LogP contribution in [0.2, 0.25) is 0 Å². The van der Waals surface area contributed by atoms with Crippen molar-refractivity contribution in [3.8, 4) is 11.1 Å². The van der Waals surface area contributed by atoms with E-state index in [1.54, 1.807) is 11.1 Å². The van der Waals surface area contributed by atoms with Gasteiger partial charge in [-0.2, -0.15) is 10.1 Å². The topological polar surface area (TPSA) is 79.7 Å². The van der Waals surface area contributed by atoms with Gasteiger partial charge in [0.25, 0.3) is 5.91 Å². The van der Waals surface area contributed by atoms with Crippen LogP contribution in [0.15, 0.2) is 48.9 Å². The molecule has 0 saturated carbocycles. The molecule has 0 radical (unpaired) electrons. The largest absolute Gasteiger partial charge is 0.333 e. The molecule has 0 unspecified atom stereocenters. The average Bonchev–Trinajstić information content (AvgIpc) is 3.30. The predicted molar refractivity (Wildman–Crippen MR) is 98.0 cm³/mol. The number of nitrogens with one attached hydrogen (secondary N) is 1. The molecule has 0 saturated heterocycles. The molecule has 1 aliphatic rings. The van der Waals surface area contributed by atoms with Gasteiger partial charge in [0.15, 0.2) is 0 Å². The molecule has 26 heavy (non-hydrogen) atoms. The number of rotatable bonds is 2. The maximum absolute atomic E-state index is 13.3. The summed E-state index contributed by atoms with van der Waals surface area (Å²) < 4.78 is 2.06. The number of hydrogen-bond acceptors (Lipinski definition) is 4. The SMILES string of the molecule is Cc1ccc(-c2c3n(c4cccnc24)CCN(c2ncn[nH]2)C3=O)cc1. The van der Waals surface area contributed by atoms with Gasteiger partial charge in [0.05, 0.1) is 11.0 Å². The minimum atomic E-state index is -0.0958. The summed E-state index contributed by atoms with van der Waals surface area (Å²) in [6, 6.07) is 12.1. The molecule has 0 atom stereocenters. The maximum Gasteiger partial charge on any atom is 0.278 e. The van der Waals surface area contributed by atoms with Gasteiger partial charge in [0.1, 0.15) is 12.0 Å². The summed E-state index contributed by atoms with van der Waals surface area (Å²) in [6.45, 7) is 3.26. The van der Waals surface area contributed by atoms with Gasteiger partial charge in [0.2, 0.25) is 5.95 Å². The number of aromatic amines is 1. The van der Waals surface area contributed by atoms with Crippen LogP contribution in [-0.2, 0) is 6.54 Å². The molecular weight excluding hydrogens is 328 g/mol. The molecule has 1 amide bonds. The first-order valence-corrected chi connectivity index (χ1v) is 8.45. The summed E-state index contributed by atoms with van der Waals surface area (Å²) in [5, 5.41) is 6.66. The third kappa shape index (κ3) is 2.07. The van der Waals surface area contributed by atoms with E-state index >= 15 is 0 Å². The number of fused-ring (bicyclic) bond motifs is 3. The lowest BCUT2D eigenvalue weighted by Crippen LogP contribution is -2.41.